The number of hydrogen-bond donors (Lipinski definition) is 3. The van der Waals surface area contributed by atoms with Gasteiger partial charge in [-0.15, -0.1) is 0 Å². The van der Waals surface area contributed by atoms with E-state index < -0.39 is 0 Å². The Bertz CT molecular complexity index is 423. The molecule has 0 spiro atoms. The highest BCUT2D eigenvalue weighted by Crippen LogP contribution is 1.98. The number of amides is 2. The number of nitrogens with one attached hydrogen (secondary N) is 3. The predicted octanol–water partition coefficient (Wildman–Crippen LogP) is -0.302. The van der Waals surface area contributed by atoms with Gasteiger partial charge in [-0.2, -0.15) is 0 Å². The van der Waals surface area contributed by atoms with Crippen LogP contribution in [0.3, 0.4) is 0 Å². The van der Waals surface area contributed by atoms with Crippen LogP contribution in [0.2, 0.25) is 0 Å². The monoisotopic (exact) mass is 293 g/mol. The number of methoxy groups -OCH3 is 1. The second-order valence-electron chi connectivity index (χ2n) is 4.53. The van der Waals surface area contributed by atoms with Crippen LogP contribution in [0.5, 0.6) is 0 Å². The van der Waals surface area contributed by atoms with Crippen LogP contribution in [0, 0.1) is 0 Å². The summed E-state index contributed by atoms with van der Waals surface area (Å²) in [7, 11) is 1.64. The van der Waals surface area contributed by atoms with Gasteiger partial charge in [0.25, 0.3) is 0 Å². The normalized spacial score (nSPS) is 10.1. The Kier molecular flexibility index (Phi) is 8.83. The molecule has 0 aliphatic heterocycles. The lowest BCUT2D eigenvalue weighted by Crippen LogP contribution is -2.40. The highest BCUT2D eigenvalue weighted by molar-refractivity contribution is 5.85. The van der Waals surface area contributed by atoms with Gasteiger partial charge in [-0.1, -0.05) is 30.3 Å². The second-order valence-corrected chi connectivity index (χ2v) is 4.53. The first kappa shape index (κ1) is 17.1. The highest BCUT2D eigenvalue weighted by Gasteiger charge is 2.05. The maximum absolute atomic E-state index is 11.6. The molecule has 0 unspecified atom stereocenters. The first-order chi connectivity index (χ1) is 10.2. The summed E-state index contributed by atoms with van der Waals surface area (Å²) in [5.41, 5.74) is 0.928. The van der Waals surface area contributed by atoms with E-state index in [-0.39, 0.29) is 24.8 Å². The fourth-order valence-corrected chi connectivity index (χ4v) is 1.67. The molecule has 0 bridgehead atoms. The Morgan fingerprint density at radius 3 is 2.48 bits per heavy atom. The van der Waals surface area contributed by atoms with Crippen molar-refractivity contribution >= 4 is 11.8 Å². The second kappa shape index (κ2) is 10.8. The molecular formula is C15H23N3O3. The largest absolute Gasteiger partial charge is 0.383 e. The fraction of sp³-hybridized carbons (Fsp3) is 0.467. The molecule has 0 atom stereocenters. The summed E-state index contributed by atoms with van der Waals surface area (Å²) >= 11 is 0. The lowest BCUT2D eigenvalue weighted by molar-refractivity contribution is -0.125. The summed E-state index contributed by atoms with van der Waals surface area (Å²) in [6, 6.07) is 9.42. The third-order valence-electron chi connectivity index (χ3n) is 2.76. The third-order valence-corrected chi connectivity index (χ3v) is 2.76. The van der Waals surface area contributed by atoms with Crippen LogP contribution >= 0.6 is 0 Å². The molecule has 2 amide bonds. The van der Waals surface area contributed by atoms with Crippen molar-refractivity contribution in [3.63, 3.8) is 0 Å². The van der Waals surface area contributed by atoms with Crippen LogP contribution in [-0.4, -0.2) is 51.7 Å². The number of ether oxygens (including phenoxy) is 1. The van der Waals surface area contributed by atoms with Gasteiger partial charge < -0.3 is 20.7 Å². The SMILES string of the molecule is COCCNCCNC(=O)CNC(=O)Cc1ccccc1. The van der Waals surface area contributed by atoms with E-state index in [2.05, 4.69) is 16.0 Å². The predicted molar refractivity (Wildman–Crippen MR) is 80.9 cm³/mol. The molecule has 0 aliphatic rings. The van der Waals surface area contributed by atoms with E-state index in [0.717, 1.165) is 12.1 Å². The Balaban J connectivity index is 2.05. The van der Waals surface area contributed by atoms with Gasteiger partial charge in [0.15, 0.2) is 0 Å². The number of hydrogen-bond acceptors (Lipinski definition) is 4. The molecule has 0 heterocycles. The van der Waals surface area contributed by atoms with Crippen molar-refractivity contribution in [3.05, 3.63) is 35.9 Å². The van der Waals surface area contributed by atoms with Gasteiger partial charge in [-0.25, -0.2) is 0 Å². The molecule has 0 aromatic heterocycles. The average molecular weight is 293 g/mol. The van der Waals surface area contributed by atoms with Gasteiger partial charge in [0, 0.05) is 26.7 Å². The number of carbonyl (C=O) groups excluding carboxylic acids is 2. The maximum Gasteiger partial charge on any atom is 0.239 e. The van der Waals surface area contributed by atoms with Gasteiger partial charge in [0.05, 0.1) is 19.6 Å². The van der Waals surface area contributed by atoms with Crippen LogP contribution in [-0.2, 0) is 20.7 Å². The molecule has 21 heavy (non-hydrogen) atoms. The van der Waals surface area contributed by atoms with Crippen molar-refractivity contribution in [1.29, 1.82) is 0 Å². The van der Waals surface area contributed by atoms with E-state index in [4.69, 9.17) is 4.74 Å². The zero-order valence-electron chi connectivity index (χ0n) is 12.4. The summed E-state index contributed by atoms with van der Waals surface area (Å²) in [6.45, 7) is 2.59. The van der Waals surface area contributed by atoms with Crippen molar-refractivity contribution in [1.82, 2.24) is 16.0 Å². The summed E-state index contributed by atoms with van der Waals surface area (Å²) in [4.78, 5) is 23.2. The van der Waals surface area contributed by atoms with Crippen LogP contribution in [0.1, 0.15) is 5.56 Å². The summed E-state index contributed by atoms with van der Waals surface area (Å²) in [6.07, 6.45) is 0.284. The van der Waals surface area contributed by atoms with E-state index in [1.54, 1.807) is 7.11 Å². The molecule has 1 aromatic rings. The number of benzene rings is 1. The van der Waals surface area contributed by atoms with Gasteiger partial charge in [0.1, 0.15) is 0 Å². The minimum atomic E-state index is -0.190. The molecule has 1 rings (SSSR count). The molecule has 6 nitrogen and oxygen atoms in total. The standard InChI is InChI=1S/C15H23N3O3/c1-21-10-9-16-7-8-17-15(20)12-18-14(19)11-13-5-3-2-4-6-13/h2-6,16H,7-12H2,1H3,(H,17,20)(H,18,19). The molecule has 6 heteroatoms. The molecule has 0 saturated heterocycles. The molecule has 0 saturated carbocycles. The topological polar surface area (TPSA) is 79.5 Å². The quantitative estimate of drug-likeness (QED) is 0.517. The minimum Gasteiger partial charge on any atom is -0.383 e. The minimum absolute atomic E-state index is 0.00371. The number of carbonyl (C=O) groups is 2. The highest BCUT2D eigenvalue weighted by atomic mass is 16.5. The smallest absolute Gasteiger partial charge is 0.239 e. The van der Waals surface area contributed by atoms with Crippen molar-refractivity contribution in [2.24, 2.45) is 0 Å². The fourth-order valence-electron chi connectivity index (χ4n) is 1.67. The van der Waals surface area contributed by atoms with Crippen molar-refractivity contribution in [3.8, 4) is 0 Å². The number of rotatable bonds is 10. The van der Waals surface area contributed by atoms with Crippen LogP contribution in [0.25, 0.3) is 0 Å². The molecule has 1 aromatic carbocycles. The first-order valence-electron chi connectivity index (χ1n) is 6.99. The van der Waals surface area contributed by atoms with E-state index in [1.807, 2.05) is 30.3 Å². The van der Waals surface area contributed by atoms with Crippen molar-refractivity contribution < 1.29 is 14.3 Å². The molecular weight excluding hydrogens is 270 g/mol. The van der Waals surface area contributed by atoms with E-state index >= 15 is 0 Å². The maximum atomic E-state index is 11.6. The molecule has 0 fully saturated rings. The lowest BCUT2D eigenvalue weighted by Gasteiger charge is -2.08. The van der Waals surface area contributed by atoms with E-state index in [0.29, 0.717) is 19.7 Å². The van der Waals surface area contributed by atoms with Gasteiger partial charge in [-0.3, -0.25) is 9.59 Å². The third kappa shape index (κ3) is 8.78. The van der Waals surface area contributed by atoms with Crippen LogP contribution in [0.15, 0.2) is 30.3 Å². The Morgan fingerprint density at radius 2 is 1.76 bits per heavy atom. The van der Waals surface area contributed by atoms with Gasteiger partial charge >= 0.3 is 0 Å². The van der Waals surface area contributed by atoms with Gasteiger partial charge in [0.2, 0.25) is 11.8 Å². The van der Waals surface area contributed by atoms with Crippen LogP contribution < -0.4 is 16.0 Å². The van der Waals surface area contributed by atoms with Crippen molar-refractivity contribution in [2.75, 3.05) is 39.9 Å². The Morgan fingerprint density at radius 1 is 1.00 bits per heavy atom. The Hall–Kier alpha value is -1.92. The zero-order valence-corrected chi connectivity index (χ0v) is 12.4. The van der Waals surface area contributed by atoms with Crippen molar-refractivity contribution in [2.45, 2.75) is 6.42 Å². The summed E-state index contributed by atoms with van der Waals surface area (Å²) in [5.74, 6) is -0.348. The summed E-state index contributed by atoms with van der Waals surface area (Å²) < 4.78 is 4.89. The van der Waals surface area contributed by atoms with E-state index in [9.17, 15) is 9.59 Å². The lowest BCUT2D eigenvalue weighted by atomic mass is 10.1. The summed E-state index contributed by atoms with van der Waals surface area (Å²) in [5, 5.41) is 8.43. The molecule has 3 N–H and O–H groups in total. The zero-order chi connectivity index (χ0) is 15.3. The van der Waals surface area contributed by atoms with E-state index in [1.165, 1.54) is 0 Å². The van der Waals surface area contributed by atoms with Crippen LogP contribution in [0.4, 0.5) is 0 Å². The molecule has 116 valence electrons. The molecule has 0 aliphatic carbocycles. The molecule has 0 radical (unpaired) electrons. The Labute approximate surface area is 125 Å². The van der Waals surface area contributed by atoms with Gasteiger partial charge in [-0.05, 0) is 5.56 Å². The first-order valence-corrected chi connectivity index (χ1v) is 6.99. The average Bonchev–Trinajstić information content (AvgIpc) is 2.50.